The molecule has 0 aliphatic carbocycles. The van der Waals surface area contributed by atoms with Crippen molar-refractivity contribution < 1.29 is 24.2 Å². The molecule has 6 nitrogen and oxygen atoms in total. The molecule has 0 atom stereocenters. The molecule has 2 aromatic carbocycles. The highest BCUT2D eigenvalue weighted by Crippen LogP contribution is 2.19. The zero-order valence-electron chi connectivity index (χ0n) is 14.3. The Morgan fingerprint density at radius 2 is 1.85 bits per heavy atom. The zero-order chi connectivity index (χ0) is 18.4. The van der Waals surface area contributed by atoms with Crippen molar-refractivity contribution >= 4 is 17.6 Å². The van der Waals surface area contributed by atoms with Gasteiger partial charge in [-0.2, -0.15) is 0 Å². The number of rotatable bonds is 6. The minimum absolute atomic E-state index is 0.0814. The number of carboxylic acids is 1. The molecule has 2 N–H and O–H groups in total. The summed E-state index contributed by atoms with van der Waals surface area (Å²) >= 11 is 0. The molecular formula is C20H21NO5. The summed E-state index contributed by atoms with van der Waals surface area (Å²) in [5.74, 6) is -0.430. The molecule has 1 amide bonds. The molecular weight excluding hydrogens is 334 g/mol. The van der Waals surface area contributed by atoms with Crippen molar-refractivity contribution in [3.05, 3.63) is 59.7 Å². The average molecular weight is 355 g/mol. The van der Waals surface area contributed by atoms with Crippen LogP contribution in [-0.4, -0.2) is 36.3 Å². The van der Waals surface area contributed by atoms with Crippen LogP contribution in [0.3, 0.4) is 0 Å². The van der Waals surface area contributed by atoms with Crippen molar-refractivity contribution in [1.82, 2.24) is 0 Å². The van der Waals surface area contributed by atoms with E-state index in [1.165, 1.54) is 0 Å². The summed E-state index contributed by atoms with van der Waals surface area (Å²) in [6.07, 6.45) is 1.81. The van der Waals surface area contributed by atoms with E-state index < -0.39 is 5.97 Å². The standard InChI is InChI=1S/C20H21NO5/c22-19(23)13-14-2-1-3-16(12-14)21-20(24)15-4-6-17(7-5-15)26-18-8-10-25-11-9-18/h1-7,12,18H,8-11,13H2,(H,21,24)(H,22,23). The van der Waals surface area contributed by atoms with Crippen LogP contribution in [0.2, 0.25) is 0 Å². The maximum Gasteiger partial charge on any atom is 0.307 e. The van der Waals surface area contributed by atoms with Crippen molar-refractivity contribution in [2.24, 2.45) is 0 Å². The van der Waals surface area contributed by atoms with Crippen molar-refractivity contribution in [1.29, 1.82) is 0 Å². The molecule has 1 saturated heterocycles. The molecule has 26 heavy (non-hydrogen) atoms. The third-order valence-corrected chi connectivity index (χ3v) is 4.13. The number of aliphatic carboxylic acids is 1. The van der Waals surface area contributed by atoms with E-state index in [2.05, 4.69) is 5.32 Å². The Morgan fingerprint density at radius 1 is 1.12 bits per heavy atom. The highest BCUT2D eigenvalue weighted by atomic mass is 16.5. The van der Waals surface area contributed by atoms with Crippen LogP contribution in [0.1, 0.15) is 28.8 Å². The highest BCUT2D eigenvalue weighted by molar-refractivity contribution is 6.04. The highest BCUT2D eigenvalue weighted by Gasteiger charge is 2.15. The number of amides is 1. The quantitative estimate of drug-likeness (QED) is 0.832. The first-order valence-corrected chi connectivity index (χ1v) is 8.57. The van der Waals surface area contributed by atoms with E-state index in [1.807, 2.05) is 0 Å². The van der Waals surface area contributed by atoms with E-state index >= 15 is 0 Å². The molecule has 0 unspecified atom stereocenters. The first-order valence-electron chi connectivity index (χ1n) is 8.57. The number of carboxylic acid groups (broad SMARTS) is 1. The van der Waals surface area contributed by atoms with Crippen LogP contribution >= 0.6 is 0 Å². The second-order valence-electron chi connectivity index (χ2n) is 6.18. The van der Waals surface area contributed by atoms with Gasteiger partial charge in [-0.05, 0) is 42.0 Å². The molecule has 136 valence electrons. The van der Waals surface area contributed by atoms with Gasteiger partial charge in [0.2, 0.25) is 0 Å². The topological polar surface area (TPSA) is 84.9 Å². The molecule has 0 saturated carbocycles. The Labute approximate surface area is 151 Å². The van der Waals surface area contributed by atoms with E-state index in [-0.39, 0.29) is 18.4 Å². The third kappa shape index (κ3) is 5.07. The molecule has 1 aliphatic heterocycles. The van der Waals surface area contributed by atoms with Crippen molar-refractivity contribution in [2.45, 2.75) is 25.4 Å². The van der Waals surface area contributed by atoms with Crippen LogP contribution < -0.4 is 10.1 Å². The van der Waals surface area contributed by atoms with Crippen LogP contribution in [0.4, 0.5) is 5.69 Å². The lowest BCUT2D eigenvalue weighted by atomic mass is 10.1. The van der Waals surface area contributed by atoms with Gasteiger partial charge in [-0.25, -0.2) is 0 Å². The smallest absolute Gasteiger partial charge is 0.307 e. The SMILES string of the molecule is O=C(O)Cc1cccc(NC(=O)c2ccc(OC3CCOCC3)cc2)c1. The van der Waals surface area contributed by atoms with E-state index in [0.29, 0.717) is 30.0 Å². The summed E-state index contributed by atoms with van der Waals surface area (Å²) in [7, 11) is 0. The van der Waals surface area contributed by atoms with Gasteiger partial charge in [0.1, 0.15) is 11.9 Å². The van der Waals surface area contributed by atoms with Gasteiger partial charge < -0.3 is 19.9 Å². The fourth-order valence-corrected chi connectivity index (χ4v) is 2.81. The van der Waals surface area contributed by atoms with Gasteiger partial charge in [0, 0.05) is 24.1 Å². The van der Waals surface area contributed by atoms with Crippen molar-refractivity contribution in [3.8, 4) is 5.75 Å². The number of carbonyl (C=O) groups is 2. The number of carbonyl (C=O) groups excluding carboxylic acids is 1. The second kappa shape index (κ2) is 8.49. The van der Waals surface area contributed by atoms with E-state index in [1.54, 1.807) is 48.5 Å². The van der Waals surface area contributed by atoms with Crippen LogP contribution in [0.15, 0.2) is 48.5 Å². The fraction of sp³-hybridized carbons (Fsp3) is 0.300. The van der Waals surface area contributed by atoms with E-state index in [9.17, 15) is 9.59 Å². The lowest BCUT2D eigenvalue weighted by molar-refractivity contribution is -0.136. The van der Waals surface area contributed by atoms with E-state index in [0.717, 1.165) is 18.6 Å². The maximum atomic E-state index is 12.4. The maximum absolute atomic E-state index is 12.4. The van der Waals surface area contributed by atoms with Crippen LogP contribution in [0.25, 0.3) is 0 Å². The summed E-state index contributed by atoms with van der Waals surface area (Å²) in [6, 6.07) is 13.8. The summed E-state index contributed by atoms with van der Waals surface area (Å²) in [5, 5.41) is 11.6. The van der Waals surface area contributed by atoms with Gasteiger partial charge in [-0.1, -0.05) is 12.1 Å². The second-order valence-corrected chi connectivity index (χ2v) is 6.18. The minimum Gasteiger partial charge on any atom is -0.490 e. The van der Waals surface area contributed by atoms with Crippen molar-refractivity contribution in [3.63, 3.8) is 0 Å². The average Bonchev–Trinajstić information content (AvgIpc) is 2.63. The van der Waals surface area contributed by atoms with Gasteiger partial charge >= 0.3 is 5.97 Å². The number of ether oxygens (including phenoxy) is 2. The van der Waals surface area contributed by atoms with Crippen LogP contribution in [0, 0.1) is 0 Å². The normalized spacial score (nSPS) is 14.6. The Morgan fingerprint density at radius 3 is 2.54 bits per heavy atom. The minimum atomic E-state index is -0.909. The molecule has 1 aliphatic rings. The molecule has 0 bridgehead atoms. The molecule has 3 rings (SSSR count). The molecule has 0 aromatic heterocycles. The molecule has 0 spiro atoms. The number of benzene rings is 2. The Balaban J connectivity index is 1.60. The largest absolute Gasteiger partial charge is 0.490 e. The summed E-state index contributed by atoms with van der Waals surface area (Å²) in [6.45, 7) is 1.43. The van der Waals surface area contributed by atoms with Gasteiger partial charge in [0.15, 0.2) is 0 Å². The molecule has 1 heterocycles. The van der Waals surface area contributed by atoms with Gasteiger partial charge in [-0.15, -0.1) is 0 Å². The summed E-state index contributed by atoms with van der Waals surface area (Å²) < 4.78 is 11.2. The van der Waals surface area contributed by atoms with Gasteiger partial charge in [0.05, 0.1) is 19.6 Å². The number of anilines is 1. The zero-order valence-corrected chi connectivity index (χ0v) is 14.3. The Hall–Kier alpha value is -2.86. The van der Waals surface area contributed by atoms with E-state index in [4.69, 9.17) is 14.6 Å². The summed E-state index contributed by atoms with van der Waals surface area (Å²) in [4.78, 5) is 23.2. The fourth-order valence-electron chi connectivity index (χ4n) is 2.81. The predicted molar refractivity (Wildman–Crippen MR) is 96.6 cm³/mol. The monoisotopic (exact) mass is 355 g/mol. The van der Waals surface area contributed by atoms with Crippen LogP contribution in [0.5, 0.6) is 5.75 Å². The molecule has 6 heteroatoms. The summed E-state index contributed by atoms with van der Waals surface area (Å²) in [5.41, 5.74) is 1.71. The third-order valence-electron chi connectivity index (χ3n) is 4.13. The lowest BCUT2D eigenvalue weighted by Gasteiger charge is -2.23. The number of hydrogen-bond acceptors (Lipinski definition) is 4. The lowest BCUT2D eigenvalue weighted by Crippen LogP contribution is -2.25. The van der Waals surface area contributed by atoms with Gasteiger partial charge in [-0.3, -0.25) is 9.59 Å². The number of nitrogens with one attached hydrogen (secondary N) is 1. The molecule has 1 fully saturated rings. The first-order chi connectivity index (χ1) is 12.6. The van der Waals surface area contributed by atoms with Gasteiger partial charge in [0.25, 0.3) is 5.91 Å². The van der Waals surface area contributed by atoms with Crippen LogP contribution in [-0.2, 0) is 16.0 Å². The Bertz CT molecular complexity index is 766. The molecule has 0 radical (unpaired) electrons. The molecule has 2 aromatic rings. The predicted octanol–water partition coefficient (Wildman–Crippen LogP) is 3.12. The number of hydrogen-bond donors (Lipinski definition) is 2. The van der Waals surface area contributed by atoms with Crippen molar-refractivity contribution in [2.75, 3.05) is 18.5 Å². The Kier molecular flexibility index (Phi) is 5.86. The first kappa shape index (κ1) is 17.9.